The highest BCUT2D eigenvalue weighted by Gasteiger charge is 2.18. The van der Waals surface area contributed by atoms with E-state index in [4.69, 9.17) is 5.84 Å². The molecule has 0 saturated heterocycles. The van der Waals surface area contributed by atoms with E-state index in [1.54, 1.807) is 12.1 Å². The van der Waals surface area contributed by atoms with Gasteiger partial charge in [-0.1, -0.05) is 49.4 Å². The fraction of sp³-hybridized carbons (Fsp3) is 0.200. The number of hydrogen-bond acceptors (Lipinski definition) is 2. The molecule has 2 aromatic rings. The van der Waals surface area contributed by atoms with E-state index in [0.29, 0.717) is 5.56 Å². The molecular formula is C15H17FN2. The van der Waals surface area contributed by atoms with Crippen LogP contribution in [0.4, 0.5) is 4.39 Å². The Balaban J connectivity index is 2.49. The summed E-state index contributed by atoms with van der Waals surface area (Å²) in [7, 11) is 0. The van der Waals surface area contributed by atoms with Crippen LogP contribution in [0.3, 0.4) is 0 Å². The van der Waals surface area contributed by atoms with Gasteiger partial charge in [0.15, 0.2) is 0 Å². The number of hydrazine groups is 1. The second-order valence-corrected chi connectivity index (χ2v) is 4.17. The third-order valence-electron chi connectivity index (χ3n) is 3.13. The fourth-order valence-electron chi connectivity index (χ4n) is 2.19. The maximum absolute atomic E-state index is 13.9. The predicted molar refractivity (Wildman–Crippen MR) is 71.4 cm³/mol. The van der Waals surface area contributed by atoms with Gasteiger partial charge in [-0.15, -0.1) is 0 Å². The molecule has 0 saturated carbocycles. The monoisotopic (exact) mass is 244 g/mol. The molecule has 0 heterocycles. The molecular weight excluding hydrogens is 227 g/mol. The van der Waals surface area contributed by atoms with Crippen LogP contribution in [0.5, 0.6) is 0 Å². The van der Waals surface area contributed by atoms with Crippen LogP contribution < -0.4 is 11.3 Å². The van der Waals surface area contributed by atoms with Crippen LogP contribution in [0, 0.1) is 5.82 Å². The molecule has 0 aliphatic carbocycles. The summed E-state index contributed by atoms with van der Waals surface area (Å²) in [6.45, 7) is 2.08. The fourth-order valence-corrected chi connectivity index (χ4v) is 2.19. The van der Waals surface area contributed by atoms with E-state index >= 15 is 0 Å². The number of halogens is 1. The van der Waals surface area contributed by atoms with E-state index in [-0.39, 0.29) is 11.9 Å². The van der Waals surface area contributed by atoms with Crippen LogP contribution in [0.15, 0.2) is 48.5 Å². The Morgan fingerprint density at radius 3 is 2.28 bits per heavy atom. The first kappa shape index (κ1) is 12.7. The van der Waals surface area contributed by atoms with Gasteiger partial charge in [-0.25, -0.2) is 9.82 Å². The zero-order valence-corrected chi connectivity index (χ0v) is 10.4. The van der Waals surface area contributed by atoms with E-state index < -0.39 is 0 Å². The molecule has 0 amide bonds. The lowest BCUT2D eigenvalue weighted by molar-refractivity contribution is 0.558. The van der Waals surface area contributed by atoms with Crippen LogP contribution in [0.2, 0.25) is 0 Å². The summed E-state index contributed by atoms with van der Waals surface area (Å²) >= 11 is 0. The Labute approximate surface area is 107 Å². The smallest absolute Gasteiger partial charge is 0.128 e. The molecule has 0 bridgehead atoms. The van der Waals surface area contributed by atoms with Crippen LogP contribution in [0.25, 0.3) is 0 Å². The highest BCUT2D eigenvalue weighted by Crippen LogP contribution is 2.26. The van der Waals surface area contributed by atoms with Gasteiger partial charge in [0.1, 0.15) is 5.82 Å². The summed E-state index contributed by atoms with van der Waals surface area (Å²) in [5.41, 5.74) is 5.47. The van der Waals surface area contributed by atoms with E-state index in [0.717, 1.165) is 12.0 Å². The summed E-state index contributed by atoms with van der Waals surface area (Å²) in [6.07, 6.45) is 0.892. The van der Waals surface area contributed by atoms with Crippen molar-refractivity contribution in [1.82, 2.24) is 5.43 Å². The van der Waals surface area contributed by atoms with Gasteiger partial charge in [-0.3, -0.25) is 5.84 Å². The van der Waals surface area contributed by atoms with Gasteiger partial charge in [-0.05, 0) is 23.6 Å². The highest BCUT2D eigenvalue weighted by molar-refractivity contribution is 5.37. The van der Waals surface area contributed by atoms with E-state index in [1.807, 2.05) is 30.3 Å². The van der Waals surface area contributed by atoms with Gasteiger partial charge < -0.3 is 0 Å². The van der Waals surface area contributed by atoms with Crippen molar-refractivity contribution < 1.29 is 4.39 Å². The first-order chi connectivity index (χ1) is 8.77. The van der Waals surface area contributed by atoms with Crippen LogP contribution in [-0.2, 0) is 6.42 Å². The number of hydrogen-bond donors (Lipinski definition) is 2. The number of nitrogens with one attached hydrogen (secondary N) is 1. The van der Waals surface area contributed by atoms with E-state index in [2.05, 4.69) is 12.3 Å². The predicted octanol–water partition coefficient (Wildman–Crippen LogP) is 2.94. The Hall–Kier alpha value is -1.71. The maximum atomic E-state index is 13.9. The van der Waals surface area contributed by atoms with Gasteiger partial charge in [0, 0.05) is 5.56 Å². The number of nitrogens with two attached hydrogens (primary N) is 1. The lowest BCUT2D eigenvalue weighted by atomic mass is 9.93. The number of rotatable bonds is 4. The highest BCUT2D eigenvalue weighted by atomic mass is 19.1. The van der Waals surface area contributed by atoms with Crippen molar-refractivity contribution in [2.45, 2.75) is 19.4 Å². The molecule has 0 aliphatic rings. The van der Waals surface area contributed by atoms with Crippen molar-refractivity contribution in [2.75, 3.05) is 0 Å². The van der Waals surface area contributed by atoms with Gasteiger partial charge in [-0.2, -0.15) is 0 Å². The molecule has 0 fully saturated rings. The van der Waals surface area contributed by atoms with Gasteiger partial charge in [0.25, 0.3) is 0 Å². The van der Waals surface area contributed by atoms with Crippen molar-refractivity contribution in [3.63, 3.8) is 0 Å². The minimum absolute atomic E-state index is 0.244. The van der Waals surface area contributed by atoms with Crippen molar-refractivity contribution in [3.05, 3.63) is 71.0 Å². The lowest BCUT2D eigenvalue weighted by Gasteiger charge is -2.20. The zero-order chi connectivity index (χ0) is 13.0. The molecule has 1 unspecified atom stereocenters. The average molecular weight is 244 g/mol. The first-order valence-electron chi connectivity index (χ1n) is 6.06. The minimum Gasteiger partial charge on any atom is -0.271 e. The van der Waals surface area contributed by atoms with Gasteiger partial charge >= 0.3 is 0 Å². The Kier molecular flexibility index (Phi) is 4.07. The lowest BCUT2D eigenvalue weighted by Crippen LogP contribution is -2.30. The SMILES string of the molecule is CCc1ccccc1C(NN)c1ccccc1F. The molecule has 0 spiro atoms. The largest absolute Gasteiger partial charge is 0.271 e. The Morgan fingerprint density at radius 1 is 1.06 bits per heavy atom. The van der Waals surface area contributed by atoms with Crippen molar-refractivity contribution in [3.8, 4) is 0 Å². The molecule has 3 heteroatoms. The Morgan fingerprint density at radius 2 is 1.67 bits per heavy atom. The quantitative estimate of drug-likeness (QED) is 0.641. The third-order valence-corrected chi connectivity index (χ3v) is 3.13. The normalized spacial score (nSPS) is 12.4. The molecule has 0 radical (unpaired) electrons. The summed E-state index contributed by atoms with van der Waals surface area (Å²) in [4.78, 5) is 0. The van der Waals surface area contributed by atoms with E-state index in [9.17, 15) is 4.39 Å². The molecule has 0 aliphatic heterocycles. The van der Waals surface area contributed by atoms with Gasteiger partial charge in [0.2, 0.25) is 0 Å². The first-order valence-corrected chi connectivity index (χ1v) is 6.06. The number of benzene rings is 2. The molecule has 2 nitrogen and oxygen atoms in total. The van der Waals surface area contributed by atoms with Crippen LogP contribution in [0.1, 0.15) is 29.7 Å². The van der Waals surface area contributed by atoms with Crippen molar-refractivity contribution in [1.29, 1.82) is 0 Å². The summed E-state index contributed by atoms with van der Waals surface area (Å²) in [5, 5.41) is 0. The van der Waals surface area contributed by atoms with Crippen molar-refractivity contribution in [2.24, 2.45) is 5.84 Å². The standard InChI is InChI=1S/C15H17FN2/c1-2-11-7-3-4-8-12(11)15(18-17)13-9-5-6-10-14(13)16/h3-10,15,18H,2,17H2,1H3. The molecule has 0 aromatic heterocycles. The summed E-state index contributed by atoms with van der Waals surface area (Å²) < 4.78 is 13.9. The Bertz CT molecular complexity index is 525. The number of aryl methyl sites for hydroxylation is 1. The second kappa shape index (κ2) is 5.76. The molecule has 2 rings (SSSR count). The van der Waals surface area contributed by atoms with Crippen molar-refractivity contribution >= 4 is 0 Å². The van der Waals surface area contributed by atoms with Gasteiger partial charge in [0.05, 0.1) is 6.04 Å². The molecule has 18 heavy (non-hydrogen) atoms. The van der Waals surface area contributed by atoms with E-state index in [1.165, 1.54) is 11.6 Å². The van der Waals surface area contributed by atoms with Crippen LogP contribution >= 0.6 is 0 Å². The summed E-state index contributed by atoms with van der Waals surface area (Å²) in [5.74, 6) is 5.37. The maximum Gasteiger partial charge on any atom is 0.128 e. The molecule has 1 atom stereocenters. The topological polar surface area (TPSA) is 38.0 Å². The molecule has 2 aromatic carbocycles. The zero-order valence-electron chi connectivity index (χ0n) is 10.4. The molecule has 94 valence electrons. The summed E-state index contributed by atoms with van der Waals surface area (Å²) in [6, 6.07) is 14.3. The molecule has 3 N–H and O–H groups in total. The average Bonchev–Trinajstić information content (AvgIpc) is 2.42. The third kappa shape index (κ3) is 2.42. The van der Waals surface area contributed by atoms with Crippen LogP contribution in [-0.4, -0.2) is 0 Å². The second-order valence-electron chi connectivity index (χ2n) is 4.17. The minimum atomic E-state index is -0.317.